The third kappa shape index (κ3) is 5.40. The van der Waals surface area contributed by atoms with Crippen LogP contribution < -0.4 is 4.74 Å². The second kappa shape index (κ2) is 10.9. The van der Waals surface area contributed by atoms with Crippen LogP contribution in [-0.2, 0) is 20.7 Å². The van der Waals surface area contributed by atoms with Crippen LogP contribution in [0.1, 0.15) is 50.4 Å². The minimum Gasteiger partial charge on any atom is -0.507 e. The van der Waals surface area contributed by atoms with E-state index in [9.17, 15) is 14.7 Å². The van der Waals surface area contributed by atoms with E-state index in [4.69, 9.17) is 21.1 Å². The molecule has 176 valence electrons. The number of halogens is 1. The molecule has 1 atom stereocenters. The fourth-order valence-corrected chi connectivity index (χ4v) is 4.07. The minimum atomic E-state index is -0.751. The molecule has 1 amide bonds. The molecule has 0 radical (unpaired) electrons. The number of hydrogen-bond donors (Lipinski definition) is 1. The Morgan fingerprint density at radius 3 is 2.42 bits per heavy atom. The number of ketones is 1. The van der Waals surface area contributed by atoms with Crippen molar-refractivity contribution >= 4 is 29.1 Å². The van der Waals surface area contributed by atoms with Gasteiger partial charge in [-0.1, -0.05) is 42.8 Å². The zero-order chi connectivity index (χ0) is 24.1. The van der Waals surface area contributed by atoms with Crippen LogP contribution in [0.4, 0.5) is 0 Å². The number of hydrogen-bond acceptors (Lipinski definition) is 5. The van der Waals surface area contributed by atoms with E-state index in [-0.39, 0.29) is 41.2 Å². The number of nitrogens with zero attached hydrogens (tertiary/aromatic N) is 1. The van der Waals surface area contributed by atoms with Crippen LogP contribution in [0.3, 0.4) is 0 Å². The van der Waals surface area contributed by atoms with Gasteiger partial charge in [0.05, 0.1) is 36.0 Å². The number of amides is 1. The van der Waals surface area contributed by atoms with E-state index in [1.807, 2.05) is 45.0 Å². The summed E-state index contributed by atoms with van der Waals surface area (Å²) < 4.78 is 11.2. The molecule has 1 saturated heterocycles. The number of aliphatic hydroxyl groups is 1. The summed E-state index contributed by atoms with van der Waals surface area (Å²) in [5, 5.41) is 11.5. The van der Waals surface area contributed by atoms with Gasteiger partial charge in [0.15, 0.2) is 0 Å². The Balaban J connectivity index is 2.12. The number of aryl methyl sites for hydroxylation is 1. The predicted octanol–water partition coefficient (Wildman–Crippen LogP) is 5.15. The average molecular weight is 472 g/mol. The number of carbonyl (C=O) groups is 2. The van der Waals surface area contributed by atoms with Crippen LogP contribution in [0.15, 0.2) is 48.0 Å². The van der Waals surface area contributed by atoms with Crippen LogP contribution in [0.5, 0.6) is 5.75 Å². The van der Waals surface area contributed by atoms with E-state index in [2.05, 4.69) is 6.92 Å². The summed E-state index contributed by atoms with van der Waals surface area (Å²) >= 11 is 6.36. The standard InChI is InChI=1S/C26H30ClNO5/c1-5-17-7-9-18(10-8-17)23-22(25(30)26(31)28(23)13-14-33-16(3)4)24(29)20-15-19(32-6-2)11-12-21(20)27/h7-12,15-16,23,29H,5-6,13-14H2,1-4H3/b24-22+. The molecule has 1 unspecified atom stereocenters. The summed E-state index contributed by atoms with van der Waals surface area (Å²) in [5.74, 6) is -1.24. The molecular weight excluding hydrogens is 442 g/mol. The zero-order valence-corrected chi connectivity index (χ0v) is 20.2. The van der Waals surface area contributed by atoms with E-state index in [1.54, 1.807) is 18.2 Å². The number of benzene rings is 2. The maximum absolute atomic E-state index is 13.1. The number of aliphatic hydroxyl groups excluding tert-OH is 1. The highest BCUT2D eigenvalue weighted by atomic mass is 35.5. The van der Waals surface area contributed by atoms with Gasteiger partial charge in [-0.3, -0.25) is 9.59 Å². The highest BCUT2D eigenvalue weighted by Gasteiger charge is 2.46. The number of Topliss-reactive ketones (excluding diaryl/α,β-unsaturated/α-hetero) is 1. The van der Waals surface area contributed by atoms with Gasteiger partial charge in [0, 0.05) is 12.1 Å². The summed E-state index contributed by atoms with van der Waals surface area (Å²) in [4.78, 5) is 27.6. The summed E-state index contributed by atoms with van der Waals surface area (Å²) in [7, 11) is 0. The maximum atomic E-state index is 13.1. The van der Waals surface area contributed by atoms with Crippen LogP contribution in [0.25, 0.3) is 5.76 Å². The number of ether oxygens (including phenoxy) is 2. The Kier molecular flexibility index (Phi) is 8.16. The molecule has 0 saturated carbocycles. The molecule has 0 spiro atoms. The fourth-order valence-electron chi connectivity index (χ4n) is 3.87. The first kappa shape index (κ1) is 24.8. The first-order chi connectivity index (χ1) is 15.8. The van der Waals surface area contributed by atoms with Crippen molar-refractivity contribution < 1.29 is 24.2 Å². The monoisotopic (exact) mass is 471 g/mol. The molecule has 7 heteroatoms. The lowest BCUT2D eigenvalue weighted by molar-refractivity contribution is -0.140. The molecule has 0 aromatic heterocycles. The van der Waals surface area contributed by atoms with E-state index >= 15 is 0 Å². The topological polar surface area (TPSA) is 76.1 Å². The van der Waals surface area contributed by atoms with E-state index in [1.165, 1.54) is 4.90 Å². The molecule has 33 heavy (non-hydrogen) atoms. The Morgan fingerprint density at radius 1 is 1.12 bits per heavy atom. The Morgan fingerprint density at radius 2 is 1.82 bits per heavy atom. The van der Waals surface area contributed by atoms with Crippen molar-refractivity contribution in [3.63, 3.8) is 0 Å². The van der Waals surface area contributed by atoms with Crippen LogP contribution in [0.2, 0.25) is 5.02 Å². The van der Waals surface area contributed by atoms with Gasteiger partial charge >= 0.3 is 0 Å². The molecule has 2 aromatic carbocycles. The quantitative estimate of drug-likeness (QED) is 0.311. The van der Waals surface area contributed by atoms with Crippen molar-refractivity contribution in [1.82, 2.24) is 4.90 Å². The average Bonchev–Trinajstić information content (AvgIpc) is 3.05. The Bertz CT molecular complexity index is 1050. The molecule has 1 heterocycles. The van der Waals surface area contributed by atoms with Gasteiger partial charge < -0.3 is 19.5 Å². The fraction of sp³-hybridized carbons (Fsp3) is 0.385. The van der Waals surface area contributed by atoms with Gasteiger partial charge in [-0.15, -0.1) is 0 Å². The van der Waals surface area contributed by atoms with Crippen molar-refractivity contribution in [2.45, 2.75) is 46.3 Å². The molecule has 2 aromatic rings. The number of carbonyl (C=O) groups excluding carboxylic acids is 2. The SMILES string of the molecule is CCOc1ccc(Cl)c(/C(O)=C2\C(=O)C(=O)N(CCOC(C)C)C2c2ccc(CC)cc2)c1. The van der Waals surface area contributed by atoms with Gasteiger partial charge in [-0.05, 0) is 56.5 Å². The Hall–Kier alpha value is -2.83. The third-order valence-electron chi connectivity index (χ3n) is 5.53. The van der Waals surface area contributed by atoms with E-state index in [0.29, 0.717) is 12.4 Å². The molecule has 1 aliphatic heterocycles. The zero-order valence-electron chi connectivity index (χ0n) is 19.4. The molecule has 6 nitrogen and oxygen atoms in total. The summed E-state index contributed by atoms with van der Waals surface area (Å²) in [5.41, 5.74) is 2.11. The highest BCUT2D eigenvalue weighted by molar-refractivity contribution is 6.47. The lowest BCUT2D eigenvalue weighted by atomic mass is 9.94. The summed E-state index contributed by atoms with van der Waals surface area (Å²) in [6.07, 6.45) is 0.854. The minimum absolute atomic E-state index is 0.00402. The van der Waals surface area contributed by atoms with E-state index in [0.717, 1.165) is 17.5 Å². The number of likely N-dealkylation sites (tertiary alicyclic amines) is 1. The number of rotatable bonds is 9. The first-order valence-corrected chi connectivity index (χ1v) is 11.6. The Labute approximate surface area is 199 Å². The second-order valence-electron chi connectivity index (χ2n) is 8.08. The molecular formula is C26H30ClNO5. The van der Waals surface area contributed by atoms with Crippen LogP contribution in [0, 0.1) is 0 Å². The van der Waals surface area contributed by atoms with Gasteiger partial charge in [0.1, 0.15) is 11.5 Å². The normalized spacial score (nSPS) is 17.8. The van der Waals surface area contributed by atoms with Gasteiger partial charge in [-0.25, -0.2) is 0 Å². The second-order valence-corrected chi connectivity index (χ2v) is 8.49. The molecule has 0 bridgehead atoms. The smallest absolute Gasteiger partial charge is 0.295 e. The molecule has 0 aliphatic carbocycles. The highest BCUT2D eigenvalue weighted by Crippen LogP contribution is 2.41. The molecule has 1 N–H and O–H groups in total. The largest absolute Gasteiger partial charge is 0.507 e. The summed E-state index contributed by atoms with van der Waals surface area (Å²) in [6, 6.07) is 11.8. The van der Waals surface area contributed by atoms with Crippen molar-refractivity contribution in [2.75, 3.05) is 19.8 Å². The molecule has 1 fully saturated rings. The lowest BCUT2D eigenvalue weighted by Crippen LogP contribution is -2.33. The lowest BCUT2D eigenvalue weighted by Gasteiger charge is -2.26. The maximum Gasteiger partial charge on any atom is 0.295 e. The van der Waals surface area contributed by atoms with Crippen LogP contribution >= 0.6 is 11.6 Å². The third-order valence-corrected chi connectivity index (χ3v) is 5.86. The molecule has 3 rings (SSSR count). The van der Waals surface area contributed by atoms with Crippen molar-refractivity contribution in [3.05, 3.63) is 69.8 Å². The van der Waals surface area contributed by atoms with Crippen molar-refractivity contribution in [1.29, 1.82) is 0 Å². The van der Waals surface area contributed by atoms with Crippen molar-refractivity contribution in [3.8, 4) is 5.75 Å². The van der Waals surface area contributed by atoms with Gasteiger partial charge in [0.2, 0.25) is 0 Å². The van der Waals surface area contributed by atoms with Crippen molar-refractivity contribution in [2.24, 2.45) is 0 Å². The summed E-state index contributed by atoms with van der Waals surface area (Å²) in [6.45, 7) is 8.63. The first-order valence-electron chi connectivity index (χ1n) is 11.2. The molecule has 1 aliphatic rings. The predicted molar refractivity (Wildman–Crippen MR) is 129 cm³/mol. The van der Waals surface area contributed by atoms with Gasteiger partial charge in [0.25, 0.3) is 11.7 Å². The van der Waals surface area contributed by atoms with Gasteiger partial charge in [-0.2, -0.15) is 0 Å². The van der Waals surface area contributed by atoms with E-state index < -0.39 is 17.7 Å². The van der Waals surface area contributed by atoms with Crippen LogP contribution in [-0.4, -0.2) is 47.6 Å².